The van der Waals surface area contributed by atoms with E-state index in [0.29, 0.717) is 24.7 Å². The second-order valence-electron chi connectivity index (χ2n) is 6.76. The average molecular weight is 437 g/mol. The number of hydrogen-bond acceptors (Lipinski definition) is 6. The summed E-state index contributed by atoms with van der Waals surface area (Å²) in [6.45, 7) is 2.68. The first-order valence-electron chi connectivity index (χ1n) is 9.33. The highest BCUT2D eigenvalue weighted by atomic mass is 32.2. The van der Waals surface area contributed by atoms with Gasteiger partial charge in [-0.3, -0.25) is 4.79 Å². The third kappa shape index (κ3) is 5.71. The zero-order valence-electron chi connectivity index (χ0n) is 17.8. The van der Waals surface area contributed by atoms with Crippen LogP contribution in [0.4, 0.5) is 0 Å². The number of ether oxygens (including phenoxy) is 3. The Morgan fingerprint density at radius 3 is 2.43 bits per heavy atom. The van der Waals surface area contributed by atoms with Crippen molar-refractivity contribution in [1.82, 2.24) is 9.62 Å². The molecule has 1 atom stereocenters. The summed E-state index contributed by atoms with van der Waals surface area (Å²) in [6.07, 6.45) is 0. The summed E-state index contributed by atoms with van der Waals surface area (Å²) >= 11 is 0. The number of carbonyl (C=O) groups is 1. The number of nitrogens with one attached hydrogen (secondary N) is 1. The lowest BCUT2D eigenvalue weighted by Gasteiger charge is -2.18. The molecule has 0 spiro atoms. The number of hydrogen-bond donors (Lipinski definition) is 1. The van der Waals surface area contributed by atoms with E-state index < -0.39 is 10.0 Å². The molecule has 2 rings (SSSR count). The standard InChI is InChI=1S/C21H28N2O6S/c1-15(16-9-10-19(20(14-16)28-5)29-12-11-27-4)22-21(24)17-7-6-8-18(13-17)30(25,26)23(2)3/h6-10,13-15H,11-12H2,1-5H3,(H,22,24). The molecule has 0 aliphatic rings. The van der Waals surface area contributed by atoms with Crippen molar-refractivity contribution in [2.75, 3.05) is 41.5 Å². The first-order valence-corrected chi connectivity index (χ1v) is 10.8. The number of amides is 1. The van der Waals surface area contributed by atoms with Crippen LogP contribution in [0, 0.1) is 0 Å². The van der Waals surface area contributed by atoms with E-state index in [-0.39, 0.29) is 22.4 Å². The van der Waals surface area contributed by atoms with Crippen molar-refractivity contribution >= 4 is 15.9 Å². The molecule has 0 bridgehead atoms. The topological polar surface area (TPSA) is 94.2 Å². The van der Waals surface area contributed by atoms with Crippen LogP contribution in [-0.4, -0.2) is 60.2 Å². The van der Waals surface area contributed by atoms with Gasteiger partial charge >= 0.3 is 0 Å². The van der Waals surface area contributed by atoms with E-state index in [9.17, 15) is 13.2 Å². The lowest BCUT2D eigenvalue weighted by molar-refractivity contribution is 0.0939. The van der Waals surface area contributed by atoms with Gasteiger partial charge in [-0.05, 0) is 42.8 Å². The molecule has 0 aliphatic carbocycles. The molecule has 30 heavy (non-hydrogen) atoms. The Kier molecular flexibility index (Phi) is 8.22. The van der Waals surface area contributed by atoms with E-state index in [4.69, 9.17) is 14.2 Å². The summed E-state index contributed by atoms with van der Waals surface area (Å²) < 4.78 is 41.7. The van der Waals surface area contributed by atoms with Gasteiger partial charge in [0.25, 0.3) is 5.91 Å². The Morgan fingerprint density at radius 2 is 1.80 bits per heavy atom. The zero-order valence-corrected chi connectivity index (χ0v) is 18.7. The molecule has 2 aromatic carbocycles. The van der Waals surface area contributed by atoms with E-state index in [0.717, 1.165) is 9.87 Å². The molecule has 0 radical (unpaired) electrons. The highest BCUT2D eigenvalue weighted by Crippen LogP contribution is 2.30. The number of methoxy groups -OCH3 is 2. The molecule has 1 amide bonds. The quantitative estimate of drug-likeness (QED) is 0.575. The van der Waals surface area contributed by atoms with Gasteiger partial charge in [0, 0.05) is 26.8 Å². The fourth-order valence-corrected chi connectivity index (χ4v) is 3.63. The van der Waals surface area contributed by atoms with E-state index in [2.05, 4.69) is 5.32 Å². The number of rotatable bonds is 10. The fourth-order valence-electron chi connectivity index (χ4n) is 2.68. The van der Waals surface area contributed by atoms with E-state index in [1.54, 1.807) is 38.5 Å². The maximum atomic E-state index is 12.7. The molecule has 2 aromatic rings. The molecular weight excluding hydrogens is 408 g/mol. The van der Waals surface area contributed by atoms with Crippen LogP contribution >= 0.6 is 0 Å². The second kappa shape index (κ2) is 10.4. The molecule has 0 heterocycles. The number of carbonyl (C=O) groups excluding carboxylic acids is 1. The predicted molar refractivity (Wildman–Crippen MR) is 114 cm³/mol. The van der Waals surface area contributed by atoms with Crippen LogP contribution in [0.5, 0.6) is 11.5 Å². The van der Waals surface area contributed by atoms with Gasteiger partial charge in [0.15, 0.2) is 11.5 Å². The first-order chi connectivity index (χ1) is 14.2. The van der Waals surface area contributed by atoms with Crippen molar-refractivity contribution in [2.45, 2.75) is 17.9 Å². The Morgan fingerprint density at radius 1 is 1.07 bits per heavy atom. The predicted octanol–water partition coefficient (Wildman–Crippen LogP) is 2.46. The van der Waals surface area contributed by atoms with Crippen LogP contribution in [0.25, 0.3) is 0 Å². The van der Waals surface area contributed by atoms with Crippen molar-refractivity contribution in [3.05, 3.63) is 53.6 Å². The highest BCUT2D eigenvalue weighted by Gasteiger charge is 2.20. The minimum absolute atomic E-state index is 0.0621. The summed E-state index contributed by atoms with van der Waals surface area (Å²) in [5, 5.41) is 2.88. The Bertz CT molecular complexity index is 975. The lowest BCUT2D eigenvalue weighted by Crippen LogP contribution is -2.27. The van der Waals surface area contributed by atoms with Crippen LogP contribution in [-0.2, 0) is 14.8 Å². The summed E-state index contributed by atoms with van der Waals surface area (Å²) in [6, 6.07) is 11.0. The van der Waals surface area contributed by atoms with Crippen molar-refractivity contribution in [3.8, 4) is 11.5 Å². The highest BCUT2D eigenvalue weighted by molar-refractivity contribution is 7.89. The third-order valence-electron chi connectivity index (χ3n) is 4.46. The van der Waals surface area contributed by atoms with Gasteiger partial charge in [-0.15, -0.1) is 0 Å². The summed E-state index contributed by atoms with van der Waals surface area (Å²) in [5.74, 6) is 0.750. The molecule has 164 valence electrons. The van der Waals surface area contributed by atoms with Gasteiger partial charge in [-0.2, -0.15) is 0 Å². The Hall–Kier alpha value is -2.62. The number of benzene rings is 2. The minimum atomic E-state index is -3.62. The average Bonchev–Trinajstić information content (AvgIpc) is 2.73. The summed E-state index contributed by atoms with van der Waals surface area (Å²) in [7, 11) is 2.41. The SMILES string of the molecule is COCCOc1ccc(C(C)NC(=O)c2cccc(S(=O)(=O)N(C)C)c2)cc1OC. The second-order valence-corrected chi connectivity index (χ2v) is 8.91. The van der Waals surface area contributed by atoms with Crippen molar-refractivity contribution < 1.29 is 27.4 Å². The van der Waals surface area contributed by atoms with Gasteiger partial charge in [0.2, 0.25) is 10.0 Å². The maximum absolute atomic E-state index is 12.7. The van der Waals surface area contributed by atoms with Crippen LogP contribution < -0.4 is 14.8 Å². The van der Waals surface area contributed by atoms with Gasteiger partial charge in [-0.1, -0.05) is 12.1 Å². The van der Waals surface area contributed by atoms with Crippen LogP contribution in [0.3, 0.4) is 0 Å². The summed E-state index contributed by atoms with van der Waals surface area (Å²) in [5.41, 5.74) is 1.08. The number of sulfonamides is 1. The molecule has 0 fully saturated rings. The van der Waals surface area contributed by atoms with Crippen LogP contribution in [0.2, 0.25) is 0 Å². The molecular formula is C21H28N2O6S. The van der Waals surface area contributed by atoms with E-state index in [1.165, 1.54) is 26.2 Å². The largest absolute Gasteiger partial charge is 0.493 e. The molecule has 8 nitrogen and oxygen atoms in total. The molecule has 0 aromatic heterocycles. The smallest absolute Gasteiger partial charge is 0.251 e. The molecule has 9 heteroatoms. The Labute approximate surface area is 177 Å². The van der Waals surface area contributed by atoms with Gasteiger partial charge in [0.1, 0.15) is 6.61 Å². The monoisotopic (exact) mass is 436 g/mol. The first kappa shape index (κ1) is 23.7. The van der Waals surface area contributed by atoms with E-state index in [1.807, 2.05) is 13.0 Å². The van der Waals surface area contributed by atoms with Gasteiger partial charge in [-0.25, -0.2) is 12.7 Å². The fraction of sp³-hybridized carbons (Fsp3) is 0.381. The molecule has 0 saturated carbocycles. The van der Waals surface area contributed by atoms with Crippen molar-refractivity contribution in [3.63, 3.8) is 0 Å². The zero-order chi connectivity index (χ0) is 22.3. The van der Waals surface area contributed by atoms with Crippen LogP contribution in [0.15, 0.2) is 47.4 Å². The van der Waals surface area contributed by atoms with Crippen molar-refractivity contribution in [1.29, 1.82) is 0 Å². The normalized spacial score (nSPS) is 12.5. The molecule has 0 aliphatic heterocycles. The molecule has 1 unspecified atom stereocenters. The Balaban J connectivity index is 2.16. The van der Waals surface area contributed by atoms with Crippen molar-refractivity contribution in [2.24, 2.45) is 0 Å². The number of nitrogens with zero attached hydrogens (tertiary/aromatic N) is 1. The summed E-state index contributed by atoms with van der Waals surface area (Å²) in [4.78, 5) is 12.7. The van der Waals surface area contributed by atoms with Crippen LogP contribution in [0.1, 0.15) is 28.9 Å². The van der Waals surface area contributed by atoms with Gasteiger partial charge in [0.05, 0.1) is 24.7 Å². The molecule has 1 N–H and O–H groups in total. The minimum Gasteiger partial charge on any atom is -0.493 e. The lowest BCUT2D eigenvalue weighted by atomic mass is 10.1. The molecule has 0 saturated heterocycles. The van der Waals surface area contributed by atoms with E-state index >= 15 is 0 Å². The maximum Gasteiger partial charge on any atom is 0.251 e. The van der Waals surface area contributed by atoms with Gasteiger partial charge < -0.3 is 19.5 Å². The third-order valence-corrected chi connectivity index (χ3v) is 6.27.